The molecule has 0 unspecified atom stereocenters. The molecule has 1 aromatic heterocycles. The second-order valence-electron chi connectivity index (χ2n) is 5.15. The Morgan fingerprint density at radius 3 is 2.84 bits per heavy atom. The van der Waals surface area contributed by atoms with Gasteiger partial charge >= 0.3 is 5.63 Å². The van der Waals surface area contributed by atoms with E-state index in [1.165, 1.54) is 0 Å². The SMILES string of the molecule is Cc1ccc2oc(=O)cc(NC3CCNCC3)c2c1. The predicted octanol–water partition coefficient (Wildman–Crippen LogP) is 2.27. The fourth-order valence-corrected chi connectivity index (χ4v) is 2.58. The Hall–Kier alpha value is -1.81. The monoisotopic (exact) mass is 258 g/mol. The minimum absolute atomic E-state index is 0.298. The molecule has 0 amide bonds. The highest BCUT2D eigenvalue weighted by Crippen LogP contribution is 2.24. The molecule has 1 saturated heterocycles. The average Bonchev–Trinajstić information content (AvgIpc) is 2.41. The third kappa shape index (κ3) is 2.63. The molecular formula is C15H18N2O2. The number of hydrogen-bond donors (Lipinski definition) is 2. The van der Waals surface area contributed by atoms with E-state index in [0.29, 0.717) is 11.6 Å². The normalized spacial score (nSPS) is 16.7. The van der Waals surface area contributed by atoms with E-state index in [1.807, 2.05) is 19.1 Å². The zero-order valence-corrected chi connectivity index (χ0v) is 11.0. The van der Waals surface area contributed by atoms with Crippen molar-refractivity contribution in [3.63, 3.8) is 0 Å². The lowest BCUT2D eigenvalue weighted by molar-refractivity contribution is 0.479. The van der Waals surface area contributed by atoms with Gasteiger partial charge < -0.3 is 15.1 Å². The van der Waals surface area contributed by atoms with Crippen LogP contribution in [0.3, 0.4) is 0 Å². The van der Waals surface area contributed by atoms with Gasteiger partial charge in [0.2, 0.25) is 0 Å². The Morgan fingerprint density at radius 1 is 1.26 bits per heavy atom. The Labute approximate surface area is 111 Å². The summed E-state index contributed by atoms with van der Waals surface area (Å²) in [5, 5.41) is 7.81. The lowest BCUT2D eigenvalue weighted by Gasteiger charge is -2.25. The highest BCUT2D eigenvalue weighted by Gasteiger charge is 2.14. The first-order valence-electron chi connectivity index (χ1n) is 6.74. The highest BCUT2D eigenvalue weighted by atomic mass is 16.4. The van der Waals surface area contributed by atoms with E-state index in [9.17, 15) is 4.79 Å². The van der Waals surface area contributed by atoms with Crippen LogP contribution in [0.4, 0.5) is 5.69 Å². The van der Waals surface area contributed by atoms with Gasteiger partial charge in [0.25, 0.3) is 0 Å². The summed E-state index contributed by atoms with van der Waals surface area (Å²) in [7, 11) is 0. The minimum Gasteiger partial charge on any atom is -0.423 e. The quantitative estimate of drug-likeness (QED) is 0.811. The molecular weight excluding hydrogens is 240 g/mol. The number of rotatable bonds is 2. The number of fused-ring (bicyclic) bond motifs is 1. The van der Waals surface area contributed by atoms with Crippen LogP contribution >= 0.6 is 0 Å². The molecule has 2 heterocycles. The third-order valence-corrected chi connectivity index (χ3v) is 3.60. The zero-order chi connectivity index (χ0) is 13.2. The second-order valence-corrected chi connectivity index (χ2v) is 5.15. The molecule has 3 rings (SSSR count). The van der Waals surface area contributed by atoms with Crippen LogP contribution < -0.4 is 16.3 Å². The van der Waals surface area contributed by atoms with Gasteiger partial charge in [-0.1, -0.05) is 11.6 Å². The Kier molecular flexibility index (Phi) is 3.25. The predicted molar refractivity (Wildman–Crippen MR) is 76.7 cm³/mol. The molecule has 0 radical (unpaired) electrons. The number of aryl methyl sites for hydroxylation is 1. The molecule has 2 aromatic rings. The maximum Gasteiger partial charge on any atom is 0.338 e. The van der Waals surface area contributed by atoms with E-state index < -0.39 is 0 Å². The van der Waals surface area contributed by atoms with Crippen LogP contribution in [-0.2, 0) is 0 Å². The number of anilines is 1. The van der Waals surface area contributed by atoms with Crippen molar-refractivity contribution in [2.75, 3.05) is 18.4 Å². The van der Waals surface area contributed by atoms with E-state index >= 15 is 0 Å². The van der Waals surface area contributed by atoms with Crippen LogP contribution in [-0.4, -0.2) is 19.1 Å². The summed E-state index contributed by atoms with van der Waals surface area (Å²) in [6.07, 6.45) is 2.15. The lowest BCUT2D eigenvalue weighted by Crippen LogP contribution is -2.35. The van der Waals surface area contributed by atoms with Gasteiger partial charge in [-0.3, -0.25) is 0 Å². The van der Waals surface area contributed by atoms with E-state index in [4.69, 9.17) is 4.42 Å². The van der Waals surface area contributed by atoms with Gasteiger partial charge in [-0.15, -0.1) is 0 Å². The Bertz CT molecular complexity index is 642. The molecule has 1 aliphatic rings. The van der Waals surface area contributed by atoms with Crippen molar-refractivity contribution in [3.8, 4) is 0 Å². The highest BCUT2D eigenvalue weighted by molar-refractivity contribution is 5.90. The van der Waals surface area contributed by atoms with Crippen LogP contribution in [0.2, 0.25) is 0 Å². The van der Waals surface area contributed by atoms with Gasteiger partial charge in [0.05, 0.1) is 5.69 Å². The third-order valence-electron chi connectivity index (χ3n) is 3.60. The topological polar surface area (TPSA) is 54.3 Å². The molecule has 0 spiro atoms. The second kappa shape index (κ2) is 5.05. The number of hydrogen-bond acceptors (Lipinski definition) is 4. The van der Waals surface area contributed by atoms with Crippen molar-refractivity contribution in [2.45, 2.75) is 25.8 Å². The van der Waals surface area contributed by atoms with Crippen LogP contribution in [0.1, 0.15) is 18.4 Å². The van der Waals surface area contributed by atoms with Crippen molar-refractivity contribution in [3.05, 3.63) is 40.2 Å². The molecule has 4 nitrogen and oxygen atoms in total. The summed E-state index contributed by atoms with van der Waals surface area (Å²) in [5.41, 5.74) is 2.40. The summed E-state index contributed by atoms with van der Waals surface area (Å²) in [5.74, 6) is 0. The lowest BCUT2D eigenvalue weighted by atomic mass is 10.1. The van der Waals surface area contributed by atoms with E-state index in [1.54, 1.807) is 6.07 Å². The minimum atomic E-state index is -0.298. The molecule has 1 aliphatic heterocycles. The summed E-state index contributed by atoms with van der Waals surface area (Å²) in [6.45, 7) is 4.09. The molecule has 2 N–H and O–H groups in total. The summed E-state index contributed by atoms with van der Waals surface area (Å²) in [6, 6.07) is 7.86. The summed E-state index contributed by atoms with van der Waals surface area (Å²) in [4.78, 5) is 11.6. The maximum atomic E-state index is 11.6. The molecule has 100 valence electrons. The van der Waals surface area contributed by atoms with Crippen molar-refractivity contribution >= 4 is 16.7 Å². The van der Waals surface area contributed by atoms with E-state index in [-0.39, 0.29) is 5.63 Å². The van der Waals surface area contributed by atoms with Gasteiger partial charge in [0.15, 0.2) is 0 Å². The maximum absolute atomic E-state index is 11.6. The molecule has 0 saturated carbocycles. The molecule has 0 bridgehead atoms. The van der Waals surface area contributed by atoms with Gasteiger partial charge in [0, 0.05) is 17.5 Å². The van der Waals surface area contributed by atoms with E-state index in [0.717, 1.165) is 42.6 Å². The standard InChI is InChI=1S/C15H18N2O2/c1-10-2-3-14-12(8-10)13(9-15(18)19-14)17-11-4-6-16-7-5-11/h2-3,8-9,11,16-17H,4-7H2,1H3. The van der Waals surface area contributed by atoms with Gasteiger partial charge in [-0.05, 0) is 45.0 Å². The van der Waals surface area contributed by atoms with Gasteiger partial charge in [0.1, 0.15) is 5.58 Å². The Balaban J connectivity index is 2.00. The fourth-order valence-electron chi connectivity index (χ4n) is 2.58. The first-order valence-corrected chi connectivity index (χ1v) is 6.74. The summed E-state index contributed by atoms with van der Waals surface area (Å²) >= 11 is 0. The van der Waals surface area contributed by atoms with Crippen molar-refractivity contribution in [2.24, 2.45) is 0 Å². The Morgan fingerprint density at radius 2 is 2.05 bits per heavy atom. The molecule has 1 aromatic carbocycles. The van der Waals surface area contributed by atoms with Gasteiger partial charge in [-0.25, -0.2) is 4.79 Å². The fraction of sp³-hybridized carbons (Fsp3) is 0.400. The van der Waals surface area contributed by atoms with Crippen molar-refractivity contribution in [1.29, 1.82) is 0 Å². The zero-order valence-electron chi connectivity index (χ0n) is 11.0. The first-order chi connectivity index (χ1) is 9.22. The van der Waals surface area contributed by atoms with Gasteiger partial charge in [-0.2, -0.15) is 0 Å². The summed E-state index contributed by atoms with van der Waals surface area (Å²) < 4.78 is 5.24. The van der Waals surface area contributed by atoms with E-state index in [2.05, 4.69) is 16.7 Å². The first kappa shape index (κ1) is 12.2. The van der Waals surface area contributed by atoms with Crippen LogP contribution in [0.5, 0.6) is 0 Å². The molecule has 4 heteroatoms. The molecule has 0 atom stereocenters. The smallest absolute Gasteiger partial charge is 0.338 e. The van der Waals surface area contributed by atoms with Crippen LogP contribution in [0.25, 0.3) is 11.0 Å². The van der Waals surface area contributed by atoms with Crippen molar-refractivity contribution in [1.82, 2.24) is 5.32 Å². The molecule has 19 heavy (non-hydrogen) atoms. The molecule has 0 aliphatic carbocycles. The van der Waals surface area contributed by atoms with Crippen LogP contribution in [0.15, 0.2) is 33.5 Å². The average molecular weight is 258 g/mol. The number of nitrogens with one attached hydrogen (secondary N) is 2. The van der Waals surface area contributed by atoms with Crippen molar-refractivity contribution < 1.29 is 4.42 Å². The van der Waals surface area contributed by atoms with Crippen LogP contribution in [0, 0.1) is 6.92 Å². The largest absolute Gasteiger partial charge is 0.423 e. The number of piperidine rings is 1. The molecule has 1 fully saturated rings. The number of benzene rings is 1.